The maximum atomic E-state index is 14.1. The van der Waals surface area contributed by atoms with Crippen LogP contribution in [0.15, 0.2) is 18.2 Å². The molecule has 1 aliphatic heterocycles. The zero-order valence-corrected chi connectivity index (χ0v) is 13.7. The van der Waals surface area contributed by atoms with Crippen LogP contribution in [0.2, 0.25) is 0 Å². The van der Waals surface area contributed by atoms with Crippen LogP contribution in [-0.4, -0.2) is 56.4 Å². The van der Waals surface area contributed by atoms with Crippen molar-refractivity contribution in [3.8, 4) is 0 Å². The van der Waals surface area contributed by atoms with Crippen LogP contribution >= 0.6 is 0 Å². The second kappa shape index (κ2) is 8.46. The first-order valence-electron chi connectivity index (χ1n) is 8.13. The minimum atomic E-state index is -0.235. The summed E-state index contributed by atoms with van der Waals surface area (Å²) in [6.45, 7) is 4.23. The summed E-state index contributed by atoms with van der Waals surface area (Å²) in [6.07, 6.45) is 2.30. The fourth-order valence-electron chi connectivity index (χ4n) is 2.77. The monoisotopic (exact) mass is 309 g/mol. The maximum Gasteiger partial charge on any atom is 0.146 e. The molecule has 1 aromatic rings. The van der Waals surface area contributed by atoms with Crippen LogP contribution in [0.5, 0.6) is 0 Å². The molecule has 0 spiro atoms. The molecular weight excluding hydrogens is 281 g/mol. The Morgan fingerprint density at radius 2 is 2.05 bits per heavy atom. The summed E-state index contributed by atoms with van der Waals surface area (Å²) in [5, 5.41) is 13.0. The summed E-state index contributed by atoms with van der Waals surface area (Å²) in [4.78, 5) is 4.21. The minimum Gasteiger partial charge on any atom is -0.393 e. The summed E-state index contributed by atoms with van der Waals surface area (Å²) in [5.74, 6) is -0.173. The Hall–Kier alpha value is -1.17. The molecule has 1 aliphatic rings. The summed E-state index contributed by atoms with van der Waals surface area (Å²) >= 11 is 0. The molecule has 0 atom stereocenters. The van der Waals surface area contributed by atoms with Gasteiger partial charge in [-0.2, -0.15) is 0 Å². The number of rotatable bonds is 7. The molecule has 4 nitrogen and oxygen atoms in total. The second-order valence-corrected chi connectivity index (χ2v) is 6.34. The average molecular weight is 309 g/mol. The summed E-state index contributed by atoms with van der Waals surface area (Å²) in [6, 6.07) is 5.33. The smallest absolute Gasteiger partial charge is 0.146 e. The van der Waals surface area contributed by atoms with Crippen LogP contribution in [0, 0.1) is 5.82 Å². The van der Waals surface area contributed by atoms with E-state index in [1.807, 2.05) is 17.0 Å². The molecule has 0 radical (unpaired) electrons. The van der Waals surface area contributed by atoms with E-state index in [-0.39, 0.29) is 11.9 Å². The fraction of sp³-hybridized carbons (Fsp3) is 0.647. The van der Waals surface area contributed by atoms with Gasteiger partial charge in [-0.25, -0.2) is 4.39 Å². The lowest BCUT2D eigenvalue weighted by Gasteiger charge is -2.32. The van der Waals surface area contributed by atoms with Gasteiger partial charge in [-0.3, -0.25) is 0 Å². The van der Waals surface area contributed by atoms with Gasteiger partial charge in [0.25, 0.3) is 0 Å². The average Bonchev–Trinajstić information content (AvgIpc) is 2.49. The SMILES string of the molecule is CN(C)CCCNCc1ccc(F)c(N2CCC(O)CC2)c1. The number of halogens is 1. The standard InChI is InChI=1S/C17H28FN3O/c1-20(2)9-3-8-19-13-14-4-5-16(18)17(12-14)21-10-6-15(22)7-11-21/h4-5,12,15,19,22H,3,6-11,13H2,1-2H3. The number of aliphatic hydroxyl groups is 1. The van der Waals surface area contributed by atoms with E-state index < -0.39 is 0 Å². The van der Waals surface area contributed by atoms with Crippen molar-refractivity contribution in [2.24, 2.45) is 0 Å². The normalized spacial score (nSPS) is 16.5. The fourth-order valence-corrected chi connectivity index (χ4v) is 2.77. The Labute approximate surface area is 132 Å². The lowest BCUT2D eigenvalue weighted by atomic mass is 10.1. The van der Waals surface area contributed by atoms with Gasteiger partial charge >= 0.3 is 0 Å². The Kier molecular flexibility index (Phi) is 6.61. The Bertz CT molecular complexity index is 459. The molecule has 0 amide bonds. The maximum absolute atomic E-state index is 14.1. The third kappa shape index (κ3) is 5.23. The molecule has 124 valence electrons. The van der Waals surface area contributed by atoms with Crippen molar-refractivity contribution < 1.29 is 9.50 Å². The predicted molar refractivity (Wildman–Crippen MR) is 88.7 cm³/mol. The van der Waals surface area contributed by atoms with E-state index in [9.17, 15) is 9.50 Å². The van der Waals surface area contributed by atoms with Gasteiger partial charge in [0.1, 0.15) is 5.82 Å². The van der Waals surface area contributed by atoms with Crippen molar-refractivity contribution >= 4 is 5.69 Å². The van der Waals surface area contributed by atoms with E-state index in [4.69, 9.17) is 0 Å². The zero-order valence-electron chi connectivity index (χ0n) is 13.7. The van der Waals surface area contributed by atoms with Gasteiger partial charge in [0.05, 0.1) is 11.8 Å². The summed E-state index contributed by atoms with van der Waals surface area (Å²) < 4.78 is 14.1. The molecule has 0 aliphatic carbocycles. The van der Waals surface area contributed by atoms with E-state index in [1.54, 1.807) is 6.07 Å². The topological polar surface area (TPSA) is 38.7 Å². The van der Waals surface area contributed by atoms with Crippen LogP contribution in [-0.2, 0) is 6.54 Å². The highest BCUT2D eigenvalue weighted by Crippen LogP contribution is 2.24. The number of nitrogens with one attached hydrogen (secondary N) is 1. The van der Waals surface area contributed by atoms with Crippen LogP contribution < -0.4 is 10.2 Å². The van der Waals surface area contributed by atoms with Gasteiger partial charge in [0.15, 0.2) is 0 Å². The van der Waals surface area contributed by atoms with E-state index in [1.165, 1.54) is 0 Å². The quantitative estimate of drug-likeness (QED) is 0.754. The van der Waals surface area contributed by atoms with Gasteiger partial charge in [-0.15, -0.1) is 0 Å². The number of benzene rings is 1. The van der Waals surface area contributed by atoms with Crippen LogP contribution in [0.1, 0.15) is 24.8 Å². The number of hydrogen-bond acceptors (Lipinski definition) is 4. The van der Waals surface area contributed by atoms with E-state index in [0.717, 1.165) is 44.7 Å². The first-order valence-corrected chi connectivity index (χ1v) is 8.13. The number of hydrogen-bond donors (Lipinski definition) is 2. The lowest BCUT2D eigenvalue weighted by Crippen LogP contribution is -2.36. The largest absolute Gasteiger partial charge is 0.393 e. The van der Waals surface area contributed by atoms with E-state index in [0.29, 0.717) is 18.5 Å². The third-order valence-corrected chi connectivity index (χ3v) is 4.10. The predicted octanol–water partition coefficient (Wildman–Crippen LogP) is 1.83. The molecule has 1 fully saturated rings. The van der Waals surface area contributed by atoms with Crippen LogP contribution in [0.25, 0.3) is 0 Å². The zero-order chi connectivity index (χ0) is 15.9. The molecular formula is C17H28FN3O. The van der Waals surface area contributed by atoms with Crippen LogP contribution in [0.3, 0.4) is 0 Å². The van der Waals surface area contributed by atoms with Gasteiger partial charge < -0.3 is 20.2 Å². The van der Waals surface area contributed by atoms with Crippen molar-refractivity contribution in [2.45, 2.75) is 31.9 Å². The molecule has 2 N–H and O–H groups in total. The number of aliphatic hydroxyl groups excluding tert-OH is 1. The van der Waals surface area contributed by atoms with Crippen molar-refractivity contribution in [3.05, 3.63) is 29.6 Å². The highest BCUT2D eigenvalue weighted by Gasteiger charge is 2.19. The number of piperidine rings is 1. The second-order valence-electron chi connectivity index (χ2n) is 6.34. The van der Waals surface area contributed by atoms with Gasteiger partial charge in [-0.1, -0.05) is 6.07 Å². The molecule has 1 saturated heterocycles. The molecule has 1 heterocycles. The van der Waals surface area contributed by atoms with Crippen molar-refractivity contribution in [3.63, 3.8) is 0 Å². The molecule has 0 aromatic heterocycles. The van der Waals surface area contributed by atoms with Gasteiger partial charge in [-0.05, 0) is 64.1 Å². The van der Waals surface area contributed by atoms with Crippen molar-refractivity contribution in [1.29, 1.82) is 0 Å². The highest BCUT2D eigenvalue weighted by atomic mass is 19.1. The Morgan fingerprint density at radius 1 is 1.32 bits per heavy atom. The highest BCUT2D eigenvalue weighted by molar-refractivity contribution is 5.50. The number of nitrogens with zero attached hydrogens (tertiary/aromatic N) is 2. The Balaban J connectivity index is 1.87. The molecule has 22 heavy (non-hydrogen) atoms. The van der Waals surface area contributed by atoms with Crippen LogP contribution in [0.4, 0.5) is 10.1 Å². The number of anilines is 1. The molecule has 0 saturated carbocycles. The van der Waals surface area contributed by atoms with Gasteiger partial charge in [0.2, 0.25) is 0 Å². The minimum absolute atomic E-state index is 0.173. The first-order chi connectivity index (χ1) is 10.6. The molecule has 2 rings (SSSR count). The Morgan fingerprint density at radius 3 is 2.73 bits per heavy atom. The molecule has 0 bridgehead atoms. The lowest BCUT2D eigenvalue weighted by molar-refractivity contribution is 0.145. The molecule has 0 unspecified atom stereocenters. The van der Waals surface area contributed by atoms with Crippen molar-refractivity contribution in [2.75, 3.05) is 45.2 Å². The summed E-state index contributed by atoms with van der Waals surface area (Å²) in [7, 11) is 4.14. The van der Waals surface area contributed by atoms with E-state index >= 15 is 0 Å². The summed E-state index contributed by atoms with van der Waals surface area (Å²) in [5.41, 5.74) is 1.77. The van der Waals surface area contributed by atoms with E-state index in [2.05, 4.69) is 24.3 Å². The van der Waals surface area contributed by atoms with Gasteiger partial charge in [0, 0.05) is 19.6 Å². The van der Waals surface area contributed by atoms with Crippen molar-refractivity contribution in [1.82, 2.24) is 10.2 Å². The molecule has 5 heteroatoms. The first kappa shape index (κ1) is 17.2. The molecule has 1 aromatic carbocycles. The third-order valence-electron chi connectivity index (χ3n) is 4.10.